The Morgan fingerprint density at radius 3 is 2.14 bits per heavy atom. The highest BCUT2D eigenvalue weighted by atomic mass is 16.2. The van der Waals surface area contributed by atoms with E-state index >= 15 is 0 Å². The Labute approximate surface area is 128 Å². The number of carbonyl (C=O) groups excluding carboxylic acids is 1. The van der Waals surface area contributed by atoms with E-state index in [-0.39, 0.29) is 5.91 Å². The van der Waals surface area contributed by atoms with Gasteiger partial charge in [0.05, 0.1) is 0 Å². The van der Waals surface area contributed by atoms with Gasteiger partial charge in [-0.25, -0.2) is 0 Å². The van der Waals surface area contributed by atoms with Gasteiger partial charge in [0.25, 0.3) is 5.91 Å². The molecule has 21 heavy (non-hydrogen) atoms. The number of rotatable bonds is 5. The minimum absolute atomic E-state index is 0.131. The van der Waals surface area contributed by atoms with Gasteiger partial charge in [0.2, 0.25) is 0 Å². The van der Waals surface area contributed by atoms with Gasteiger partial charge in [0.1, 0.15) is 0 Å². The van der Waals surface area contributed by atoms with Crippen LogP contribution in [0.15, 0.2) is 24.3 Å². The standard InChI is InChI=1S/C18H28N2O/c1-4-20(5-2)18(21)15-11-13-17(14-12-15)19(3)16-9-7-6-8-10-16/h11-14,16H,4-10H2,1-3H3. The Kier molecular flexibility index (Phi) is 5.66. The molecule has 0 radical (unpaired) electrons. The summed E-state index contributed by atoms with van der Waals surface area (Å²) in [6.07, 6.45) is 6.63. The molecule has 1 fully saturated rings. The van der Waals surface area contributed by atoms with Crippen LogP contribution in [0.1, 0.15) is 56.3 Å². The Morgan fingerprint density at radius 2 is 1.62 bits per heavy atom. The summed E-state index contributed by atoms with van der Waals surface area (Å²) in [5.74, 6) is 0.131. The SMILES string of the molecule is CCN(CC)C(=O)c1ccc(N(C)C2CCCCC2)cc1. The molecular weight excluding hydrogens is 260 g/mol. The van der Waals surface area contributed by atoms with Gasteiger partial charge in [-0.15, -0.1) is 0 Å². The average molecular weight is 288 g/mol. The first-order chi connectivity index (χ1) is 10.2. The summed E-state index contributed by atoms with van der Waals surface area (Å²) in [4.78, 5) is 16.5. The van der Waals surface area contributed by atoms with Crippen molar-refractivity contribution in [2.24, 2.45) is 0 Å². The fourth-order valence-corrected chi connectivity index (χ4v) is 3.21. The third-order valence-corrected chi connectivity index (χ3v) is 4.69. The van der Waals surface area contributed by atoms with Gasteiger partial charge >= 0.3 is 0 Å². The number of carbonyl (C=O) groups is 1. The molecule has 0 spiro atoms. The maximum Gasteiger partial charge on any atom is 0.253 e. The number of amides is 1. The summed E-state index contributed by atoms with van der Waals surface area (Å²) in [6.45, 7) is 5.57. The summed E-state index contributed by atoms with van der Waals surface area (Å²) in [5, 5.41) is 0. The minimum atomic E-state index is 0.131. The van der Waals surface area contributed by atoms with Crippen LogP contribution in [-0.2, 0) is 0 Å². The lowest BCUT2D eigenvalue weighted by Gasteiger charge is -2.33. The van der Waals surface area contributed by atoms with E-state index < -0.39 is 0 Å². The zero-order valence-electron chi connectivity index (χ0n) is 13.6. The summed E-state index contributed by atoms with van der Waals surface area (Å²) in [5.41, 5.74) is 2.01. The van der Waals surface area contributed by atoms with E-state index in [1.165, 1.54) is 37.8 Å². The molecule has 1 saturated carbocycles. The van der Waals surface area contributed by atoms with Crippen LogP contribution in [-0.4, -0.2) is 37.0 Å². The Bertz CT molecular complexity index is 445. The van der Waals surface area contributed by atoms with E-state index in [1.807, 2.05) is 30.9 Å². The number of anilines is 1. The van der Waals surface area contributed by atoms with Gasteiger partial charge < -0.3 is 9.80 Å². The highest BCUT2D eigenvalue weighted by Crippen LogP contribution is 2.26. The van der Waals surface area contributed by atoms with Crippen LogP contribution in [0, 0.1) is 0 Å². The summed E-state index contributed by atoms with van der Waals surface area (Å²) < 4.78 is 0. The lowest BCUT2D eigenvalue weighted by molar-refractivity contribution is 0.0773. The van der Waals surface area contributed by atoms with Crippen molar-refractivity contribution in [3.63, 3.8) is 0 Å². The van der Waals surface area contributed by atoms with Gasteiger partial charge in [-0.2, -0.15) is 0 Å². The molecule has 1 aromatic rings. The van der Waals surface area contributed by atoms with Crippen molar-refractivity contribution in [3.05, 3.63) is 29.8 Å². The predicted octanol–water partition coefficient (Wildman–Crippen LogP) is 3.94. The van der Waals surface area contributed by atoms with E-state index in [4.69, 9.17) is 0 Å². The second-order valence-electron chi connectivity index (χ2n) is 5.93. The molecule has 0 unspecified atom stereocenters. The van der Waals surface area contributed by atoms with Crippen LogP contribution < -0.4 is 4.90 Å². The van der Waals surface area contributed by atoms with Crippen molar-refractivity contribution in [3.8, 4) is 0 Å². The molecule has 0 heterocycles. The molecule has 3 nitrogen and oxygen atoms in total. The number of hydrogen-bond acceptors (Lipinski definition) is 2. The molecule has 0 saturated heterocycles. The van der Waals surface area contributed by atoms with Gasteiger partial charge in [0, 0.05) is 37.4 Å². The maximum absolute atomic E-state index is 12.3. The first-order valence-electron chi connectivity index (χ1n) is 8.29. The molecule has 1 aliphatic carbocycles. The average Bonchev–Trinajstić information content (AvgIpc) is 2.56. The van der Waals surface area contributed by atoms with Crippen LogP contribution >= 0.6 is 0 Å². The van der Waals surface area contributed by atoms with Gasteiger partial charge in [0.15, 0.2) is 0 Å². The Morgan fingerprint density at radius 1 is 1.05 bits per heavy atom. The van der Waals surface area contributed by atoms with E-state index in [0.29, 0.717) is 6.04 Å². The smallest absolute Gasteiger partial charge is 0.253 e. The van der Waals surface area contributed by atoms with Crippen molar-refractivity contribution in [2.75, 3.05) is 25.0 Å². The molecule has 1 aliphatic rings. The van der Waals surface area contributed by atoms with E-state index in [1.54, 1.807) is 0 Å². The molecule has 0 atom stereocenters. The third kappa shape index (κ3) is 3.78. The highest BCUT2D eigenvalue weighted by Gasteiger charge is 2.19. The zero-order chi connectivity index (χ0) is 15.2. The third-order valence-electron chi connectivity index (χ3n) is 4.69. The lowest BCUT2D eigenvalue weighted by atomic mass is 9.94. The maximum atomic E-state index is 12.3. The number of nitrogens with zero attached hydrogens (tertiary/aromatic N) is 2. The van der Waals surface area contributed by atoms with Gasteiger partial charge in [-0.3, -0.25) is 4.79 Å². The van der Waals surface area contributed by atoms with Crippen molar-refractivity contribution < 1.29 is 4.79 Å². The molecule has 0 bridgehead atoms. The van der Waals surface area contributed by atoms with Crippen LogP contribution in [0.25, 0.3) is 0 Å². The predicted molar refractivity (Wildman–Crippen MR) is 89.0 cm³/mol. The van der Waals surface area contributed by atoms with Crippen molar-refractivity contribution in [1.29, 1.82) is 0 Å². The van der Waals surface area contributed by atoms with E-state index in [2.05, 4.69) is 24.1 Å². The van der Waals surface area contributed by atoms with Crippen LogP contribution in [0.4, 0.5) is 5.69 Å². The molecular formula is C18H28N2O. The van der Waals surface area contributed by atoms with E-state index in [9.17, 15) is 4.79 Å². The van der Waals surface area contributed by atoms with Gasteiger partial charge in [-0.05, 0) is 51.0 Å². The number of benzene rings is 1. The molecule has 116 valence electrons. The molecule has 0 N–H and O–H groups in total. The topological polar surface area (TPSA) is 23.6 Å². The molecule has 1 aromatic carbocycles. The highest BCUT2D eigenvalue weighted by molar-refractivity contribution is 5.94. The molecule has 3 heteroatoms. The van der Waals surface area contributed by atoms with Crippen molar-refractivity contribution in [1.82, 2.24) is 4.90 Å². The zero-order valence-corrected chi connectivity index (χ0v) is 13.6. The summed E-state index contributed by atoms with van der Waals surface area (Å²) in [7, 11) is 2.18. The van der Waals surface area contributed by atoms with Crippen LogP contribution in [0.3, 0.4) is 0 Å². The first kappa shape index (κ1) is 15.9. The second-order valence-corrected chi connectivity index (χ2v) is 5.93. The monoisotopic (exact) mass is 288 g/mol. The number of hydrogen-bond donors (Lipinski definition) is 0. The fourth-order valence-electron chi connectivity index (χ4n) is 3.21. The second kappa shape index (κ2) is 7.48. The van der Waals surface area contributed by atoms with Crippen molar-refractivity contribution >= 4 is 11.6 Å². The lowest BCUT2D eigenvalue weighted by Crippen LogP contribution is -2.33. The summed E-state index contributed by atoms with van der Waals surface area (Å²) in [6, 6.07) is 8.77. The molecule has 0 aromatic heterocycles. The first-order valence-corrected chi connectivity index (χ1v) is 8.29. The van der Waals surface area contributed by atoms with Crippen LogP contribution in [0.2, 0.25) is 0 Å². The Hall–Kier alpha value is -1.51. The quantitative estimate of drug-likeness (QED) is 0.819. The molecule has 2 rings (SSSR count). The Balaban J connectivity index is 2.05. The fraction of sp³-hybridized carbons (Fsp3) is 0.611. The van der Waals surface area contributed by atoms with Gasteiger partial charge in [-0.1, -0.05) is 19.3 Å². The van der Waals surface area contributed by atoms with Crippen molar-refractivity contribution in [2.45, 2.75) is 52.0 Å². The largest absolute Gasteiger partial charge is 0.372 e. The normalized spacial score (nSPS) is 15.8. The minimum Gasteiger partial charge on any atom is -0.372 e. The summed E-state index contributed by atoms with van der Waals surface area (Å²) >= 11 is 0. The van der Waals surface area contributed by atoms with Crippen LogP contribution in [0.5, 0.6) is 0 Å². The van der Waals surface area contributed by atoms with E-state index in [0.717, 1.165) is 18.7 Å². The molecule has 1 amide bonds. The molecule has 0 aliphatic heterocycles.